The fourth-order valence-electron chi connectivity index (χ4n) is 12.0. The fraction of sp³-hybridized carbons (Fsp3) is 0.262. The number of benzene rings is 7. The van der Waals surface area contributed by atoms with Crippen molar-refractivity contribution < 1.29 is 38.5 Å². The van der Waals surface area contributed by atoms with Gasteiger partial charge in [-0.1, -0.05) is 151 Å². The Balaban J connectivity index is 1.15. The Labute approximate surface area is 460 Å². The summed E-state index contributed by atoms with van der Waals surface area (Å²) in [5.41, 5.74) is 4.19. The maximum atomic E-state index is 17.0. The van der Waals surface area contributed by atoms with Crippen molar-refractivity contribution in [2.75, 3.05) is 68.2 Å². The quantitative estimate of drug-likeness (QED) is 0.0706. The van der Waals surface area contributed by atoms with Gasteiger partial charge in [-0.05, 0) is 90.3 Å². The van der Waals surface area contributed by atoms with Crippen molar-refractivity contribution in [2.45, 2.75) is 49.2 Å². The first kappa shape index (κ1) is 52.5. The zero-order valence-corrected chi connectivity index (χ0v) is 44.1. The highest BCUT2D eigenvalue weighted by atomic mass is 16.6. The van der Waals surface area contributed by atoms with E-state index in [-0.39, 0.29) is 18.9 Å². The van der Waals surface area contributed by atoms with E-state index in [1.165, 1.54) is 0 Å². The lowest BCUT2D eigenvalue weighted by Gasteiger charge is -2.46. The second kappa shape index (κ2) is 23.2. The standard InChI is InChI=1S/C65H62N6O8/c1-44(47-21-9-4-10-22-47)66-64(76)70-54-34-29-45(20-17-35-68(2)43-46-18-7-3-8-19-46)42-53(54)65(63(70)75)56(61(73)67-50-30-32-51(33-31-50)69-36-39-77-40-37-69)58-62(74)79-59(49-25-13-6-14-26-49)57(48-23-11-5-12-24-48)71(58)60(65)52-27-15-16-28-55(52)78-41-38-72/h3-16,18-19,21-34,42,44,56-60,72H,35-41,43H2,1-2H3,(H,66,76)(H,67,73)/t44-,56+,57+,58+,59-,60-,65+/m1/s1. The van der Waals surface area contributed by atoms with E-state index >= 15 is 19.2 Å². The third-order valence-corrected chi connectivity index (χ3v) is 15.5. The minimum Gasteiger partial charge on any atom is -0.491 e. The fourth-order valence-corrected chi connectivity index (χ4v) is 12.0. The molecule has 3 fully saturated rings. The lowest BCUT2D eigenvalue weighted by molar-refractivity contribution is -0.177. The summed E-state index contributed by atoms with van der Waals surface area (Å²) in [7, 11) is 1.99. The monoisotopic (exact) mass is 1050 g/mol. The molecule has 4 heterocycles. The molecular weight excluding hydrogens is 993 g/mol. The van der Waals surface area contributed by atoms with Gasteiger partial charge >= 0.3 is 12.0 Å². The van der Waals surface area contributed by atoms with Gasteiger partial charge in [0, 0.05) is 42.1 Å². The van der Waals surface area contributed by atoms with Crippen molar-refractivity contribution in [2.24, 2.45) is 5.92 Å². The second-order valence-corrected chi connectivity index (χ2v) is 20.4. The zero-order valence-electron chi connectivity index (χ0n) is 44.1. The van der Waals surface area contributed by atoms with Crippen molar-refractivity contribution in [1.82, 2.24) is 15.1 Å². The van der Waals surface area contributed by atoms with Crippen molar-refractivity contribution in [3.05, 3.63) is 227 Å². The van der Waals surface area contributed by atoms with Gasteiger partial charge in [0.05, 0.1) is 56.1 Å². The summed E-state index contributed by atoms with van der Waals surface area (Å²) >= 11 is 0. The van der Waals surface area contributed by atoms with Gasteiger partial charge in [0.15, 0.2) is 0 Å². The number of ether oxygens (including phenoxy) is 3. The highest BCUT2D eigenvalue weighted by molar-refractivity contribution is 6.25. The van der Waals surface area contributed by atoms with Crippen LogP contribution in [0.25, 0.3) is 0 Å². The van der Waals surface area contributed by atoms with E-state index in [4.69, 9.17) is 14.2 Å². The van der Waals surface area contributed by atoms with E-state index in [9.17, 15) is 5.11 Å². The lowest BCUT2D eigenvalue weighted by atomic mass is 9.65. The van der Waals surface area contributed by atoms with E-state index < -0.39 is 65.4 Å². The number of anilines is 3. The number of carbonyl (C=O) groups is 4. The van der Waals surface area contributed by atoms with Gasteiger partial charge in [-0.15, -0.1) is 0 Å². The average molecular weight is 1060 g/mol. The maximum absolute atomic E-state index is 17.0. The smallest absolute Gasteiger partial charge is 0.329 e. The van der Waals surface area contributed by atoms with Gasteiger partial charge in [-0.2, -0.15) is 0 Å². The predicted octanol–water partition coefficient (Wildman–Crippen LogP) is 9.15. The average Bonchev–Trinajstić information content (AvgIpc) is 2.13. The Hall–Kier alpha value is -8.58. The van der Waals surface area contributed by atoms with Gasteiger partial charge in [0.2, 0.25) is 11.8 Å². The van der Waals surface area contributed by atoms with Crippen LogP contribution in [0.2, 0.25) is 0 Å². The number of hydrogen-bond acceptors (Lipinski definition) is 11. The third kappa shape index (κ3) is 10.3. The first-order chi connectivity index (χ1) is 38.6. The van der Waals surface area contributed by atoms with Crippen LogP contribution in [0.1, 0.15) is 70.1 Å². The van der Waals surface area contributed by atoms with E-state index in [1.807, 2.05) is 171 Å². The number of aliphatic hydroxyl groups is 1. The van der Waals surface area contributed by atoms with E-state index in [1.54, 1.807) is 24.3 Å². The molecule has 14 heteroatoms. The SMILES string of the molecule is C[C@@H](NC(=O)N1C(=O)[C@@]2(c3cc(C#CCN(C)Cc4ccccc4)ccc31)[C@H](C(=O)Nc1ccc(N3CCOCC3)cc1)[C@H]1C(=O)O[C@H](c3ccccc3)[C@H](c3ccccc3)N1[C@@H]2c1ccccc1OCCO)c1ccccc1. The van der Waals surface area contributed by atoms with Crippen molar-refractivity contribution in [1.29, 1.82) is 0 Å². The van der Waals surface area contributed by atoms with Crippen LogP contribution < -0.4 is 25.2 Å². The molecule has 7 atom stereocenters. The highest BCUT2D eigenvalue weighted by Gasteiger charge is 2.76. The molecule has 1 spiro atoms. The molecule has 7 aromatic rings. The predicted molar refractivity (Wildman–Crippen MR) is 302 cm³/mol. The number of morpholine rings is 2. The van der Waals surface area contributed by atoms with E-state index in [0.717, 1.165) is 27.3 Å². The Kier molecular flexibility index (Phi) is 15.4. The molecule has 0 aliphatic carbocycles. The van der Waals surface area contributed by atoms with Gasteiger partial charge in [0.25, 0.3) is 0 Å². The lowest BCUT2D eigenvalue weighted by Crippen LogP contribution is -2.55. The van der Waals surface area contributed by atoms with Crippen molar-refractivity contribution >= 4 is 40.9 Å². The molecule has 0 bridgehead atoms. The molecule has 11 rings (SSSR count). The number of carbonyl (C=O) groups excluding carboxylic acids is 4. The number of urea groups is 1. The van der Waals surface area contributed by atoms with Gasteiger partial charge in [0.1, 0.15) is 29.9 Å². The van der Waals surface area contributed by atoms with Gasteiger partial charge in [-0.3, -0.25) is 24.2 Å². The second-order valence-electron chi connectivity index (χ2n) is 20.4. The summed E-state index contributed by atoms with van der Waals surface area (Å²) in [6, 6.07) is 53.8. The van der Waals surface area contributed by atoms with Crippen molar-refractivity contribution in [3.63, 3.8) is 0 Å². The summed E-state index contributed by atoms with van der Waals surface area (Å²) in [6.07, 6.45) is -0.945. The van der Waals surface area contributed by atoms with Crippen LogP contribution in [0.5, 0.6) is 5.75 Å². The topological polar surface area (TPSA) is 153 Å². The first-order valence-electron chi connectivity index (χ1n) is 26.9. The summed E-state index contributed by atoms with van der Waals surface area (Å²) in [6.45, 7) is 5.08. The van der Waals surface area contributed by atoms with Gasteiger partial charge < -0.3 is 34.9 Å². The summed E-state index contributed by atoms with van der Waals surface area (Å²) < 4.78 is 18.7. The summed E-state index contributed by atoms with van der Waals surface area (Å²) in [4.78, 5) is 72.0. The Bertz CT molecular complexity index is 3370. The van der Waals surface area contributed by atoms with Crippen LogP contribution in [0, 0.1) is 17.8 Å². The minimum atomic E-state index is -2.09. The number of hydrogen-bond donors (Lipinski definition) is 3. The number of esters is 1. The number of para-hydroxylation sites is 1. The molecule has 79 heavy (non-hydrogen) atoms. The number of fused-ring (bicyclic) bond motifs is 3. The first-order valence-corrected chi connectivity index (χ1v) is 26.9. The molecule has 0 radical (unpaired) electrons. The Morgan fingerprint density at radius 3 is 2.13 bits per heavy atom. The normalized spacial score (nSPS) is 21.8. The minimum absolute atomic E-state index is 0.101. The number of amides is 4. The molecule has 14 nitrogen and oxygen atoms in total. The highest BCUT2D eigenvalue weighted by Crippen LogP contribution is 2.67. The number of rotatable bonds is 14. The number of aliphatic hydroxyl groups excluding tert-OH is 1. The molecule has 0 saturated carbocycles. The molecule has 4 aliphatic heterocycles. The number of imide groups is 1. The molecular formula is C65H62N6O8. The van der Waals surface area contributed by atoms with Crippen molar-refractivity contribution in [3.8, 4) is 17.6 Å². The molecule has 7 aromatic carbocycles. The molecule has 0 unspecified atom stereocenters. The van der Waals surface area contributed by atoms with Crippen LogP contribution in [0.15, 0.2) is 188 Å². The molecule has 4 aliphatic rings. The van der Waals surface area contributed by atoms with Crippen LogP contribution >= 0.6 is 0 Å². The summed E-state index contributed by atoms with van der Waals surface area (Å²) in [5.74, 6) is 3.33. The summed E-state index contributed by atoms with van der Waals surface area (Å²) in [5, 5.41) is 16.5. The zero-order chi connectivity index (χ0) is 54.5. The molecule has 400 valence electrons. The molecule has 0 aromatic heterocycles. The van der Waals surface area contributed by atoms with E-state index in [2.05, 4.69) is 44.4 Å². The van der Waals surface area contributed by atoms with Gasteiger partial charge in [-0.25, -0.2) is 9.69 Å². The molecule has 3 N–H and O–H groups in total. The molecule has 3 saturated heterocycles. The largest absolute Gasteiger partial charge is 0.491 e. The maximum Gasteiger partial charge on any atom is 0.329 e. The number of nitrogens with one attached hydrogen (secondary N) is 2. The van der Waals surface area contributed by atoms with Crippen LogP contribution in [0.3, 0.4) is 0 Å². The molecule has 4 amide bonds. The number of nitrogens with zero attached hydrogens (tertiary/aromatic N) is 4. The van der Waals surface area contributed by atoms with E-state index in [0.29, 0.717) is 73.1 Å². The Morgan fingerprint density at radius 2 is 1.43 bits per heavy atom. The Morgan fingerprint density at radius 1 is 0.785 bits per heavy atom. The van der Waals surface area contributed by atoms with Crippen LogP contribution in [-0.4, -0.2) is 97.9 Å². The van der Waals surface area contributed by atoms with Crippen LogP contribution in [0.4, 0.5) is 21.9 Å². The third-order valence-electron chi connectivity index (χ3n) is 15.5. The van der Waals surface area contributed by atoms with Crippen LogP contribution in [-0.2, 0) is 35.8 Å². The number of cyclic esters (lactones) is 1.